The average Bonchev–Trinajstić information content (AvgIpc) is 3.59. The molecule has 2 aromatic carbocycles. The molecule has 3 heterocycles. The monoisotopic (exact) mass is 476 g/mol. The molecule has 0 aliphatic carbocycles. The molecule has 0 saturated carbocycles. The average molecular weight is 477 g/mol. The molecule has 0 spiro atoms. The van der Waals surface area contributed by atoms with Gasteiger partial charge in [-0.3, -0.25) is 14.5 Å². The van der Waals surface area contributed by atoms with Crippen LogP contribution in [0.4, 0.5) is 4.79 Å². The number of carbonyl (C=O) groups excluding carboxylic acids is 3. The van der Waals surface area contributed by atoms with Crippen molar-refractivity contribution in [1.82, 2.24) is 20.1 Å². The molecule has 0 bridgehead atoms. The zero-order valence-corrected chi connectivity index (χ0v) is 19.7. The molecule has 9 heteroatoms. The molecule has 2 aliphatic rings. The van der Waals surface area contributed by atoms with Crippen LogP contribution in [0.3, 0.4) is 0 Å². The molecule has 2 N–H and O–H groups in total. The van der Waals surface area contributed by atoms with Gasteiger partial charge >= 0.3 is 6.03 Å². The Balaban J connectivity index is 1.30. The minimum absolute atomic E-state index is 0.213. The van der Waals surface area contributed by atoms with Crippen molar-refractivity contribution < 1.29 is 23.9 Å². The van der Waals surface area contributed by atoms with Gasteiger partial charge in [-0.05, 0) is 42.7 Å². The van der Waals surface area contributed by atoms with Crippen molar-refractivity contribution in [3.05, 3.63) is 59.8 Å². The van der Waals surface area contributed by atoms with Crippen LogP contribution in [-0.4, -0.2) is 66.0 Å². The van der Waals surface area contributed by atoms with E-state index in [0.717, 1.165) is 39.8 Å². The van der Waals surface area contributed by atoms with Crippen LogP contribution in [0.25, 0.3) is 10.9 Å². The van der Waals surface area contributed by atoms with Gasteiger partial charge in [-0.1, -0.05) is 18.2 Å². The minimum atomic E-state index is -0.706. The second-order valence-corrected chi connectivity index (χ2v) is 8.84. The maximum atomic E-state index is 13.3. The largest absolute Gasteiger partial charge is 0.497 e. The van der Waals surface area contributed by atoms with Gasteiger partial charge in [-0.2, -0.15) is 0 Å². The lowest BCUT2D eigenvalue weighted by Crippen LogP contribution is -2.43. The summed E-state index contributed by atoms with van der Waals surface area (Å²) in [5.74, 6) is 0.690. The molecule has 1 aromatic heterocycles. The number of hydrogen-bond acceptors (Lipinski definition) is 5. The Labute approximate surface area is 203 Å². The summed E-state index contributed by atoms with van der Waals surface area (Å²) in [6.07, 6.45) is 3.79. The first-order valence-corrected chi connectivity index (χ1v) is 11.7. The Hall–Kier alpha value is -4.01. The van der Waals surface area contributed by atoms with Crippen molar-refractivity contribution in [3.8, 4) is 11.5 Å². The number of aromatic amines is 1. The molecule has 2 saturated heterocycles. The normalized spacial score (nSPS) is 19.9. The molecule has 2 aliphatic heterocycles. The number of carbonyl (C=O) groups is 3. The lowest BCUT2D eigenvalue weighted by atomic mass is 10.0. The van der Waals surface area contributed by atoms with E-state index >= 15 is 0 Å². The lowest BCUT2D eigenvalue weighted by Gasteiger charge is -2.28. The third-order valence-electron chi connectivity index (χ3n) is 6.87. The quantitative estimate of drug-likeness (QED) is 0.510. The van der Waals surface area contributed by atoms with Crippen LogP contribution in [0.15, 0.2) is 48.7 Å². The number of H-pyrrole nitrogens is 1. The Morgan fingerprint density at radius 1 is 1.11 bits per heavy atom. The third kappa shape index (κ3) is 4.18. The SMILES string of the molecule is COc1ccc(OC)c([C@@H]2CCCN2C(=O)CN2C(=O)N[C@@H](Cc3c[nH]c4ccccc34)C2=O)c1. The number of hydrogen-bond donors (Lipinski definition) is 2. The third-order valence-corrected chi connectivity index (χ3v) is 6.87. The molecule has 182 valence electrons. The van der Waals surface area contributed by atoms with Crippen LogP contribution >= 0.6 is 0 Å². The highest BCUT2D eigenvalue weighted by Gasteiger charge is 2.41. The zero-order valence-electron chi connectivity index (χ0n) is 19.7. The first-order chi connectivity index (χ1) is 17.0. The number of methoxy groups -OCH3 is 2. The van der Waals surface area contributed by atoms with E-state index < -0.39 is 12.1 Å². The molecule has 4 amide bonds. The number of aromatic nitrogens is 1. The van der Waals surface area contributed by atoms with E-state index in [2.05, 4.69) is 10.3 Å². The number of benzene rings is 2. The van der Waals surface area contributed by atoms with E-state index in [4.69, 9.17) is 9.47 Å². The fourth-order valence-electron chi connectivity index (χ4n) is 5.10. The van der Waals surface area contributed by atoms with Gasteiger partial charge in [0.2, 0.25) is 5.91 Å². The van der Waals surface area contributed by atoms with Gasteiger partial charge in [0.1, 0.15) is 24.1 Å². The molecule has 3 aromatic rings. The van der Waals surface area contributed by atoms with Crippen LogP contribution in [0.1, 0.15) is 30.0 Å². The van der Waals surface area contributed by atoms with E-state index in [9.17, 15) is 14.4 Å². The van der Waals surface area contributed by atoms with Gasteiger partial charge in [0.05, 0.1) is 20.3 Å². The highest BCUT2D eigenvalue weighted by atomic mass is 16.5. The Morgan fingerprint density at radius 3 is 2.74 bits per heavy atom. The van der Waals surface area contributed by atoms with Gasteiger partial charge in [0.25, 0.3) is 5.91 Å². The molecule has 9 nitrogen and oxygen atoms in total. The summed E-state index contributed by atoms with van der Waals surface area (Å²) in [6.45, 7) is 0.254. The first-order valence-electron chi connectivity index (χ1n) is 11.7. The molecule has 0 unspecified atom stereocenters. The fourth-order valence-corrected chi connectivity index (χ4v) is 5.10. The summed E-state index contributed by atoms with van der Waals surface area (Å²) in [7, 11) is 3.18. The van der Waals surface area contributed by atoms with E-state index in [1.54, 1.807) is 19.1 Å². The first kappa shape index (κ1) is 22.8. The van der Waals surface area contributed by atoms with Gasteiger partial charge in [0.15, 0.2) is 0 Å². The number of nitrogens with zero attached hydrogens (tertiary/aromatic N) is 2. The zero-order chi connectivity index (χ0) is 24.5. The standard InChI is InChI=1S/C26H28N4O5/c1-34-17-9-10-23(35-2)19(13-17)22-8-5-11-29(22)24(31)15-30-25(32)21(28-26(30)33)12-16-14-27-20-7-4-3-6-18(16)20/h3-4,6-7,9-10,13-14,21-22,27H,5,8,11-12,15H2,1-2H3,(H,28,33)/t21-,22-/m0/s1. The second-order valence-electron chi connectivity index (χ2n) is 8.84. The maximum absolute atomic E-state index is 13.3. The summed E-state index contributed by atoms with van der Waals surface area (Å²) in [4.78, 5) is 45.0. The van der Waals surface area contributed by atoms with Crippen molar-refractivity contribution in [2.45, 2.75) is 31.3 Å². The van der Waals surface area contributed by atoms with E-state index in [1.165, 1.54) is 0 Å². The Bertz CT molecular complexity index is 1290. The molecule has 0 radical (unpaired) electrons. The number of imide groups is 1. The molecule has 5 rings (SSSR count). The topological polar surface area (TPSA) is 104 Å². The van der Waals surface area contributed by atoms with E-state index in [-0.39, 0.29) is 24.4 Å². The Morgan fingerprint density at radius 2 is 1.94 bits per heavy atom. The van der Waals surface area contributed by atoms with Gasteiger partial charge in [-0.15, -0.1) is 0 Å². The number of likely N-dealkylation sites (tertiary alicyclic amines) is 1. The summed E-state index contributed by atoms with van der Waals surface area (Å²) < 4.78 is 10.9. The number of ether oxygens (including phenoxy) is 2. The van der Waals surface area contributed by atoms with E-state index in [1.807, 2.05) is 48.7 Å². The highest BCUT2D eigenvalue weighted by molar-refractivity contribution is 6.06. The smallest absolute Gasteiger partial charge is 0.325 e. The van der Waals surface area contributed by atoms with Crippen LogP contribution in [-0.2, 0) is 16.0 Å². The number of amides is 4. The number of fused-ring (bicyclic) bond motifs is 1. The maximum Gasteiger partial charge on any atom is 0.325 e. The minimum Gasteiger partial charge on any atom is -0.497 e. The van der Waals surface area contributed by atoms with Gasteiger partial charge in [0, 0.05) is 35.6 Å². The summed E-state index contributed by atoms with van der Waals surface area (Å²) in [5, 5.41) is 3.76. The van der Waals surface area contributed by atoms with Crippen LogP contribution in [0, 0.1) is 0 Å². The number of urea groups is 1. The fraction of sp³-hybridized carbons (Fsp3) is 0.346. The van der Waals surface area contributed by atoms with Crippen LogP contribution < -0.4 is 14.8 Å². The number of rotatable bonds is 7. The van der Waals surface area contributed by atoms with Crippen LogP contribution in [0.5, 0.6) is 11.5 Å². The van der Waals surface area contributed by atoms with Crippen LogP contribution in [0.2, 0.25) is 0 Å². The van der Waals surface area contributed by atoms with E-state index in [0.29, 0.717) is 24.5 Å². The Kier molecular flexibility index (Phi) is 6.07. The number of nitrogens with one attached hydrogen (secondary N) is 2. The van der Waals surface area contributed by atoms with Gasteiger partial charge < -0.3 is 24.7 Å². The van der Waals surface area contributed by atoms with Crippen molar-refractivity contribution in [1.29, 1.82) is 0 Å². The molecular formula is C26H28N4O5. The summed E-state index contributed by atoms with van der Waals surface area (Å²) in [5.41, 5.74) is 2.77. The van der Waals surface area contributed by atoms with Crippen molar-refractivity contribution in [2.75, 3.05) is 27.3 Å². The summed E-state index contributed by atoms with van der Waals surface area (Å²) in [6, 6.07) is 11.9. The predicted octanol–water partition coefficient (Wildman–Crippen LogP) is 3.01. The predicted molar refractivity (Wildman–Crippen MR) is 129 cm³/mol. The lowest BCUT2D eigenvalue weighted by molar-refractivity contribution is -0.138. The molecule has 2 fully saturated rings. The van der Waals surface area contributed by atoms with Gasteiger partial charge in [-0.25, -0.2) is 4.79 Å². The molecular weight excluding hydrogens is 448 g/mol. The van der Waals surface area contributed by atoms with Crippen molar-refractivity contribution in [2.24, 2.45) is 0 Å². The molecule has 35 heavy (non-hydrogen) atoms. The van der Waals surface area contributed by atoms with Crippen molar-refractivity contribution in [3.63, 3.8) is 0 Å². The highest BCUT2D eigenvalue weighted by Crippen LogP contribution is 2.39. The summed E-state index contributed by atoms with van der Waals surface area (Å²) >= 11 is 0. The van der Waals surface area contributed by atoms with Crippen molar-refractivity contribution >= 4 is 28.7 Å². The number of para-hydroxylation sites is 1. The second kappa shape index (κ2) is 9.32. The molecule has 2 atom stereocenters.